The van der Waals surface area contributed by atoms with E-state index in [-0.39, 0.29) is 31.6 Å². The van der Waals surface area contributed by atoms with E-state index >= 15 is 0 Å². The number of aromatic nitrogens is 3. The lowest BCUT2D eigenvalue weighted by molar-refractivity contribution is -0.142. The molecule has 3 N–H and O–H groups in total. The summed E-state index contributed by atoms with van der Waals surface area (Å²) >= 11 is 1.30. The standard InChI is InChI=1S/C16H13F3N4OS.C4H8O3/c1-9-4-11(12-7-21-15(8-24)25-12)22-14(5-9)23-13-6-10(2-3-20-13)16(17,18)19;1-4(6)7-3-2-5/h2-7,24H,8H2,1H3,(H,20,22,23);5H,2-3H2,1H3. The lowest BCUT2D eigenvalue weighted by atomic mass is 10.2. The van der Waals surface area contributed by atoms with Crippen molar-refractivity contribution in [2.45, 2.75) is 26.6 Å². The van der Waals surface area contributed by atoms with E-state index in [0.29, 0.717) is 16.5 Å². The minimum absolute atomic E-state index is 0.0548. The third kappa shape index (κ3) is 7.87. The number of hydrogen-bond acceptors (Lipinski definition) is 9. The number of hydrogen-bond donors (Lipinski definition) is 3. The second kappa shape index (κ2) is 11.5. The summed E-state index contributed by atoms with van der Waals surface area (Å²) < 4.78 is 42.7. The van der Waals surface area contributed by atoms with Gasteiger partial charge in [-0.2, -0.15) is 13.2 Å². The summed E-state index contributed by atoms with van der Waals surface area (Å²) in [5, 5.41) is 20.5. The number of nitrogens with one attached hydrogen (secondary N) is 1. The normalized spacial score (nSPS) is 10.8. The molecule has 172 valence electrons. The molecule has 0 unspecified atom stereocenters. The van der Waals surface area contributed by atoms with Gasteiger partial charge in [-0.1, -0.05) is 0 Å². The van der Waals surface area contributed by atoms with E-state index in [9.17, 15) is 18.0 Å². The molecule has 3 aromatic rings. The van der Waals surface area contributed by atoms with Gasteiger partial charge in [0, 0.05) is 19.3 Å². The Morgan fingerprint density at radius 1 is 1.19 bits per heavy atom. The summed E-state index contributed by atoms with van der Waals surface area (Å²) in [4.78, 5) is 23.0. The molecule has 12 heteroatoms. The number of ether oxygens (including phenoxy) is 1. The first-order chi connectivity index (χ1) is 15.1. The van der Waals surface area contributed by atoms with Crippen LogP contribution in [0.4, 0.5) is 24.8 Å². The molecule has 8 nitrogen and oxygen atoms in total. The Morgan fingerprint density at radius 2 is 1.94 bits per heavy atom. The van der Waals surface area contributed by atoms with Crippen molar-refractivity contribution in [2.75, 3.05) is 18.5 Å². The van der Waals surface area contributed by atoms with Gasteiger partial charge in [0.25, 0.3) is 0 Å². The number of carbonyl (C=O) groups is 1. The van der Waals surface area contributed by atoms with Gasteiger partial charge in [0.1, 0.15) is 23.3 Å². The average molecular weight is 470 g/mol. The fraction of sp³-hybridized carbons (Fsp3) is 0.300. The van der Waals surface area contributed by atoms with Crippen LogP contribution in [0.3, 0.4) is 0 Å². The number of aliphatic hydroxyl groups is 2. The number of pyridine rings is 2. The summed E-state index contributed by atoms with van der Waals surface area (Å²) in [6.45, 7) is 3.00. The van der Waals surface area contributed by atoms with Crippen molar-refractivity contribution >= 4 is 28.9 Å². The molecular formula is C20H21F3N4O4S. The number of alkyl halides is 3. The number of carbonyl (C=O) groups excluding carboxylic acids is 1. The molecule has 0 aliphatic rings. The van der Waals surface area contributed by atoms with Crippen LogP contribution < -0.4 is 5.32 Å². The predicted molar refractivity (Wildman–Crippen MR) is 112 cm³/mol. The summed E-state index contributed by atoms with van der Waals surface area (Å²) in [6.07, 6.45) is -1.74. The van der Waals surface area contributed by atoms with Gasteiger partial charge < -0.3 is 20.3 Å². The summed E-state index contributed by atoms with van der Waals surface area (Å²) in [5.41, 5.74) is 0.707. The van der Waals surface area contributed by atoms with E-state index in [0.717, 1.165) is 28.8 Å². The zero-order valence-corrected chi connectivity index (χ0v) is 18.0. The molecule has 0 bridgehead atoms. The van der Waals surface area contributed by atoms with E-state index in [4.69, 9.17) is 10.2 Å². The van der Waals surface area contributed by atoms with E-state index in [1.54, 1.807) is 12.3 Å². The first-order valence-electron chi connectivity index (χ1n) is 9.21. The zero-order chi connectivity index (χ0) is 23.7. The van der Waals surface area contributed by atoms with Crippen LogP contribution >= 0.6 is 11.3 Å². The van der Waals surface area contributed by atoms with Crippen LogP contribution in [0.1, 0.15) is 23.1 Å². The van der Waals surface area contributed by atoms with Crippen molar-refractivity contribution in [3.05, 3.63) is 52.8 Å². The van der Waals surface area contributed by atoms with Gasteiger partial charge in [-0.3, -0.25) is 4.79 Å². The Hall–Kier alpha value is -3.09. The SMILES string of the molecule is CC(=O)OCCO.Cc1cc(Nc2cc(C(F)(F)F)ccn2)nc(-c2cnc(CO)s2)c1. The van der Waals surface area contributed by atoms with Crippen LogP contribution in [0.15, 0.2) is 36.7 Å². The van der Waals surface area contributed by atoms with Crippen molar-refractivity contribution in [1.29, 1.82) is 0 Å². The number of aryl methyl sites for hydroxylation is 1. The number of aliphatic hydroxyl groups excluding tert-OH is 2. The Kier molecular flexibility index (Phi) is 9.05. The fourth-order valence-electron chi connectivity index (χ4n) is 2.36. The third-order valence-corrected chi connectivity index (χ3v) is 4.66. The highest BCUT2D eigenvalue weighted by atomic mass is 32.1. The average Bonchev–Trinajstić information content (AvgIpc) is 3.21. The predicted octanol–water partition coefficient (Wildman–Crippen LogP) is 3.71. The van der Waals surface area contributed by atoms with Gasteiger partial charge >= 0.3 is 12.1 Å². The van der Waals surface area contributed by atoms with Crippen molar-refractivity contribution in [3.8, 4) is 10.6 Å². The molecule has 0 saturated heterocycles. The van der Waals surface area contributed by atoms with E-state index in [1.165, 1.54) is 18.3 Å². The molecule has 0 aromatic carbocycles. The highest BCUT2D eigenvalue weighted by Crippen LogP contribution is 2.31. The van der Waals surface area contributed by atoms with Gasteiger partial charge in [0.15, 0.2) is 0 Å². The van der Waals surface area contributed by atoms with Crippen molar-refractivity contribution in [1.82, 2.24) is 15.0 Å². The van der Waals surface area contributed by atoms with Crippen molar-refractivity contribution < 1.29 is 32.9 Å². The number of rotatable bonds is 6. The Morgan fingerprint density at radius 3 is 2.50 bits per heavy atom. The van der Waals surface area contributed by atoms with Crippen LogP contribution in [0.5, 0.6) is 0 Å². The van der Waals surface area contributed by atoms with E-state index in [2.05, 4.69) is 25.0 Å². The molecule has 0 saturated carbocycles. The number of nitrogens with zero attached hydrogens (tertiary/aromatic N) is 3. The number of thiazole rings is 1. The smallest absolute Gasteiger partial charge is 0.416 e. The van der Waals surface area contributed by atoms with Gasteiger partial charge in [-0.05, 0) is 36.8 Å². The number of esters is 1. The summed E-state index contributed by atoms with van der Waals surface area (Å²) in [6, 6.07) is 5.38. The Bertz CT molecular complexity index is 1040. The van der Waals surface area contributed by atoms with Crippen LogP contribution in [0, 0.1) is 6.92 Å². The maximum atomic E-state index is 12.8. The third-order valence-electron chi connectivity index (χ3n) is 3.65. The van der Waals surface area contributed by atoms with Crippen LogP contribution in [0.2, 0.25) is 0 Å². The fourth-order valence-corrected chi connectivity index (χ4v) is 3.09. The Balaban J connectivity index is 0.000000451. The molecule has 0 amide bonds. The molecule has 32 heavy (non-hydrogen) atoms. The molecule has 0 aliphatic heterocycles. The second-order valence-electron chi connectivity index (χ2n) is 6.31. The van der Waals surface area contributed by atoms with Crippen molar-refractivity contribution in [2.24, 2.45) is 0 Å². The number of anilines is 2. The topological polar surface area (TPSA) is 117 Å². The first kappa shape index (κ1) is 25.2. The van der Waals surface area contributed by atoms with Gasteiger partial charge in [0.05, 0.1) is 29.3 Å². The largest absolute Gasteiger partial charge is 0.463 e. The Labute approximate surface area is 185 Å². The van der Waals surface area contributed by atoms with E-state index < -0.39 is 11.7 Å². The summed E-state index contributed by atoms with van der Waals surface area (Å²) in [5.74, 6) is 0.0778. The molecule has 0 atom stereocenters. The maximum Gasteiger partial charge on any atom is 0.416 e. The van der Waals surface area contributed by atoms with Crippen LogP contribution in [-0.2, 0) is 22.3 Å². The lowest BCUT2D eigenvalue weighted by Gasteiger charge is -2.10. The maximum absolute atomic E-state index is 12.8. The monoisotopic (exact) mass is 470 g/mol. The van der Waals surface area contributed by atoms with E-state index in [1.807, 2.05) is 13.0 Å². The van der Waals surface area contributed by atoms with Gasteiger partial charge in [-0.15, -0.1) is 11.3 Å². The minimum Gasteiger partial charge on any atom is -0.463 e. The molecule has 0 radical (unpaired) electrons. The molecule has 3 rings (SSSR count). The number of halogens is 3. The molecule has 0 fully saturated rings. The molecule has 3 heterocycles. The van der Waals surface area contributed by atoms with Crippen LogP contribution in [0.25, 0.3) is 10.6 Å². The molecule has 0 aliphatic carbocycles. The summed E-state index contributed by atoms with van der Waals surface area (Å²) in [7, 11) is 0. The van der Waals surface area contributed by atoms with Crippen LogP contribution in [-0.4, -0.2) is 44.3 Å². The quantitative estimate of drug-likeness (QED) is 0.467. The zero-order valence-electron chi connectivity index (χ0n) is 17.2. The minimum atomic E-state index is -4.44. The molecule has 0 spiro atoms. The second-order valence-corrected chi connectivity index (χ2v) is 7.42. The highest BCUT2D eigenvalue weighted by molar-refractivity contribution is 7.15. The highest BCUT2D eigenvalue weighted by Gasteiger charge is 2.30. The van der Waals surface area contributed by atoms with Gasteiger partial charge in [0.2, 0.25) is 0 Å². The van der Waals surface area contributed by atoms with Crippen molar-refractivity contribution in [3.63, 3.8) is 0 Å². The molecular weight excluding hydrogens is 449 g/mol. The van der Waals surface area contributed by atoms with Gasteiger partial charge in [-0.25, -0.2) is 15.0 Å². The molecule has 3 aromatic heterocycles. The lowest BCUT2D eigenvalue weighted by Crippen LogP contribution is -2.06. The first-order valence-corrected chi connectivity index (χ1v) is 10.0.